The Morgan fingerprint density at radius 3 is 2.17 bits per heavy atom. The van der Waals surface area contributed by atoms with Crippen molar-refractivity contribution in [3.63, 3.8) is 0 Å². The molecule has 2 rings (SSSR count). The molecule has 0 aromatic heterocycles. The van der Waals surface area contributed by atoms with Crippen molar-refractivity contribution < 1.29 is 23.7 Å². The number of carbonyl (C=O) groups is 1. The molecule has 0 aliphatic rings. The summed E-state index contributed by atoms with van der Waals surface area (Å²) < 4.78 is 22.1. The van der Waals surface area contributed by atoms with E-state index in [0.717, 1.165) is 5.56 Å². The molecule has 0 heterocycles. The Balaban J connectivity index is 2.42. The zero-order valence-corrected chi connectivity index (χ0v) is 14.6. The number of halogens is 1. The molecule has 0 aliphatic heterocycles. The van der Waals surface area contributed by atoms with Gasteiger partial charge in [0.05, 0.1) is 27.8 Å². The Bertz CT molecular complexity index is 700. The van der Waals surface area contributed by atoms with Crippen molar-refractivity contribution in [2.24, 2.45) is 0 Å². The zero-order valence-electron chi connectivity index (χ0n) is 13.8. The Kier molecular flexibility index (Phi) is 6.32. The molecule has 0 amide bonds. The lowest BCUT2D eigenvalue weighted by Gasteiger charge is -2.19. The molecule has 0 bridgehead atoms. The third-order valence-electron chi connectivity index (χ3n) is 3.42. The van der Waals surface area contributed by atoms with Gasteiger partial charge in [0, 0.05) is 5.56 Å². The first kappa shape index (κ1) is 17.9. The van der Waals surface area contributed by atoms with Crippen LogP contribution in [0.15, 0.2) is 36.4 Å². The van der Waals surface area contributed by atoms with Crippen molar-refractivity contribution in [1.82, 2.24) is 0 Å². The second-order valence-corrected chi connectivity index (χ2v) is 5.36. The Hall–Kier alpha value is -2.40. The van der Waals surface area contributed by atoms with E-state index in [-0.39, 0.29) is 6.42 Å². The van der Waals surface area contributed by atoms with Crippen molar-refractivity contribution in [3.05, 3.63) is 47.5 Å². The summed E-state index contributed by atoms with van der Waals surface area (Å²) in [4.78, 5) is 11.3. The van der Waals surface area contributed by atoms with Crippen LogP contribution in [-0.2, 0) is 17.8 Å². The molecule has 0 aliphatic carbocycles. The Morgan fingerprint density at radius 2 is 1.62 bits per heavy atom. The standard InChI is InChI=1S/C18H19ClO5/c1-21-14-9-13(10-15(19)20)16(22-2)18(23-3)17(14)24-11-12-7-5-4-6-8-12/h4-9H,10-11H2,1-3H3. The highest BCUT2D eigenvalue weighted by Gasteiger charge is 2.23. The van der Waals surface area contributed by atoms with Crippen LogP contribution >= 0.6 is 11.6 Å². The van der Waals surface area contributed by atoms with E-state index in [9.17, 15) is 4.79 Å². The molecule has 0 atom stereocenters. The summed E-state index contributed by atoms with van der Waals surface area (Å²) in [5.74, 6) is 1.61. The summed E-state index contributed by atoms with van der Waals surface area (Å²) in [7, 11) is 4.51. The van der Waals surface area contributed by atoms with Gasteiger partial charge in [0.25, 0.3) is 0 Å². The van der Waals surface area contributed by atoms with Crippen molar-refractivity contribution in [2.45, 2.75) is 13.0 Å². The fourth-order valence-electron chi connectivity index (χ4n) is 2.36. The van der Waals surface area contributed by atoms with E-state index in [1.165, 1.54) is 21.3 Å². The van der Waals surface area contributed by atoms with E-state index in [2.05, 4.69) is 0 Å². The smallest absolute Gasteiger partial charge is 0.226 e. The SMILES string of the molecule is COc1cc(CC(=O)Cl)c(OC)c(OC)c1OCc1ccccc1. The van der Waals surface area contributed by atoms with Gasteiger partial charge in [-0.1, -0.05) is 30.3 Å². The fourth-order valence-corrected chi connectivity index (χ4v) is 2.50. The van der Waals surface area contributed by atoms with Gasteiger partial charge in [-0.15, -0.1) is 0 Å². The number of benzene rings is 2. The molecular formula is C18H19ClO5. The molecule has 128 valence electrons. The molecule has 0 radical (unpaired) electrons. The molecule has 0 spiro atoms. The van der Waals surface area contributed by atoms with Gasteiger partial charge in [-0.05, 0) is 23.2 Å². The van der Waals surface area contributed by atoms with Crippen LogP contribution in [-0.4, -0.2) is 26.6 Å². The monoisotopic (exact) mass is 350 g/mol. The third kappa shape index (κ3) is 4.11. The average Bonchev–Trinajstić information content (AvgIpc) is 2.59. The van der Waals surface area contributed by atoms with Crippen LogP contribution in [0.25, 0.3) is 0 Å². The summed E-state index contributed by atoms with van der Waals surface area (Å²) >= 11 is 5.51. The predicted molar refractivity (Wildman–Crippen MR) is 91.4 cm³/mol. The minimum atomic E-state index is -0.504. The second-order valence-electron chi connectivity index (χ2n) is 4.94. The third-order valence-corrected chi connectivity index (χ3v) is 3.55. The summed E-state index contributed by atoms with van der Waals surface area (Å²) in [6.45, 7) is 0.338. The normalized spacial score (nSPS) is 10.2. The number of rotatable bonds is 8. The number of ether oxygens (including phenoxy) is 4. The lowest BCUT2D eigenvalue weighted by Crippen LogP contribution is -2.05. The van der Waals surface area contributed by atoms with E-state index in [1.807, 2.05) is 30.3 Å². The molecule has 2 aromatic rings. The molecule has 0 fully saturated rings. The second kappa shape index (κ2) is 8.45. The van der Waals surface area contributed by atoms with Crippen LogP contribution in [0.3, 0.4) is 0 Å². The number of carbonyl (C=O) groups excluding carboxylic acids is 1. The first-order chi connectivity index (χ1) is 11.6. The highest BCUT2D eigenvalue weighted by atomic mass is 35.5. The zero-order chi connectivity index (χ0) is 17.5. The van der Waals surface area contributed by atoms with Crippen molar-refractivity contribution in [3.8, 4) is 23.0 Å². The Morgan fingerprint density at radius 1 is 0.958 bits per heavy atom. The highest BCUT2D eigenvalue weighted by molar-refractivity contribution is 6.63. The topological polar surface area (TPSA) is 54.0 Å². The van der Waals surface area contributed by atoms with Crippen LogP contribution in [0.4, 0.5) is 0 Å². The van der Waals surface area contributed by atoms with Crippen LogP contribution in [0.2, 0.25) is 0 Å². The molecule has 5 nitrogen and oxygen atoms in total. The van der Waals surface area contributed by atoms with Crippen molar-refractivity contribution in [1.29, 1.82) is 0 Å². The van der Waals surface area contributed by atoms with Gasteiger partial charge >= 0.3 is 0 Å². The van der Waals surface area contributed by atoms with Crippen LogP contribution in [0, 0.1) is 0 Å². The lowest BCUT2D eigenvalue weighted by atomic mass is 10.1. The van der Waals surface area contributed by atoms with Gasteiger partial charge < -0.3 is 18.9 Å². The first-order valence-electron chi connectivity index (χ1n) is 7.27. The van der Waals surface area contributed by atoms with E-state index in [0.29, 0.717) is 35.2 Å². The van der Waals surface area contributed by atoms with Crippen molar-refractivity contribution >= 4 is 16.8 Å². The van der Waals surface area contributed by atoms with E-state index < -0.39 is 5.24 Å². The number of methoxy groups -OCH3 is 3. The van der Waals surface area contributed by atoms with Gasteiger partial charge in [0.2, 0.25) is 16.7 Å². The van der Waals surface area contributed by atoms with Crippen LogP contribution < -0.4 is 18.9 Å². The first-order valence-corrected chi connectivity index (χ1v) is 7.65. The van der Waals surface area contributed by atoms with Gasteiger partial charge in [-0.2, -0.15) is 0 Å². The minimum Gasteiger partial charge on any atom is -0.493 e. The van der Waals surface area contributed by atoms with Gasteiger partial charge in [-0.3, -0.25) is 4.79 Å². The maximum absolute atomic E-state index is 11.3. The average molecular weight is 351 g/mol. The van der Waals surface area contributed by atoms with E-state index in [1.54, 1.807) is 6.07 Å². The molecule has 2 aromatic carbocycles. The van der Waals surface area contributed by atoms with Crippen LogP contribution in [0.5, 0.6) is 23.0 Å². The lowest BCUT2D eigenvalue weighted by molar-refractivity contribution is -0.111. The van der Waals surface area contributed by atoms with Gasteiger partial charge in [0.15, 0.2) is 11.5 Å². The molecule has 0 saturated heterocycles. The fraction of sp³-hybridized carbons (Fsp3) is 0.278. The predicted octanol–water partition coefficient (Wildman–Crippen LogP) is 3.60. The summed E-state index contributed by atoms with van der Waals surface area (Å²) in [6, 6.07) is 11.4. The highest BCUT2D eigenvalue weighted by Crippen LogP contribution is 2.47. The summed E-state index contributed by atoms with van der Waals surface area (Å²) in [5, 5.41) is -0.504. The van der Waals surface area contributed by atoms with Crippen molar-refractivity contribution in [2.75, 3.05) is 21.3 Å². The van der Waals surface area contributed by atoms with Gasteiger partial charge in [-0.25, -0.2) is 0 Å². The number of hydrogen-bond donors (Lipinski definition) is 0. The maximum Gasteiger partial charge on any atom is 0.226 e. The summed E-state index contributed by atoms with van der Waals surface area (Å²) in [6.07, 6.45) is -0.00356. The molecule has 24 heavy (non-hydrogen) atoms. The van der Waals surface area contributed by atoms with Gasteiger partial charge in [0.1, 0.15) is 6.61 Å². The number of hydrogen-bond acceptors (Lipinski definition) is 5. The minimum absolute atomic E-state index is 0.00356. The van der Waals surface area contributed by atoms with E-state index >= 15 is 0 Å². The molecule has 0 unspecified atom stereocenters. The molecular weight excluding hydrogens is 332 g/mol. The summed E-state index contributed by atoms with van der Waals surface area (Å²) in [5.41, 5.74) is 1.57. The van der Waals surface area contributed by atoms with E-state index in [4.69, 9.17) is 30.5 Å². The Labute approximate surface area is 146 Å². The maximum atomic E-state index is 11.3. The quantitative estimate of drug-likeness (QED) is 0.681. The van der Waals surface area contributed by atoms with Crippen LogP contribution in [0.1, 0.15) is 11.1 Å². The molecule has 0 saturated carbocycles. The molecule has 0 N–H and O–H groups in total. The largest absolute Gasteiger partial charge is 0.493 e. The molecule has 6 heteroatoms.